The predicted molar refractivity (Wildman–Crippen MR) is 99.9 cm³/mol. The van der Waals surface area contributed by atoms with E-state index in [1.807, 2.05) is 0 Å². The van der Waals surface area contributed by atoms with Crippen LogP contribution in [0.25, 0.3) is 0 Å². The van der Waals surface area contributed by atoms with Crippen LogP contribution >= 0.6 is 0 Å². The normalized spacial score (nSPS) is 13.1. The van der Waals surface area contributed by atoms with Gasteiger partial charge in [-0.3, -0.25) is 4.79 Å². The molecule has 0 heterocycles. The predicted octanol–water partition coefficient (Wildman–Crippen LogP) is 2.92. The van der Waals surface area contributed by atoms with Crippen LogP contribution in [0.5, 0.6) is 5.75 Å². The van der Waals surface area contributed by atoms with E-state index in [2.05, 4.69) is 6.92 Å². The Morgan fingerprint density at radius 1 is 1.15 bits per heavy atom. The molecule has 1 aromatic rings. The molecular formula is C20H31NO5. The SMILES string of the molecule is CCCCCCCC(=O)C(c1cccc(OCC(=O)OCC)c1)C(N)O. The number of hydrogen-bond acceptors (Lipinski definition) is 6. The van der Waals surface area contributed by atoms with Gasteiger partial charge in [-0.2, -0.15) is 0 Å². The molecule has 6 nitrogen and oxygen atoms in total. The van der Waals surface area contributed by atoms with E-state index in [1.54, 1.807) is 31.2 Å². The van der Waals surface area contributed by atoms with Crippen molar-refractivity contribution in [1.29, 1.82) is 0 Å². The number of ether oxygens (including phenoxy) is 2. The summed E-state index contributed by atoms with van der Waals surface area (Å²) in [5, 5.41) is 9.90. The lowest BCUT2D eigenvalue weighted by atomic mass is 9.90. The zero-order chi connectivity index (χ0) is 19.4. The van der Waals surface area contributed by atoms with Crippen LogP contribution in [-0.2, 0) is 14.3 Å². The number of nitrogens with two attached hydrogens (primary N) is 1. The van der Waals surface area contributed by atoms with E-state index in [-0.39, 0.29) is 19.0 Å². The topological polar surface area (TPSA) is 98.9 Å². The lowest BCUT2D eigenvalue weighted by molar-refractivity contribution is -0.145. The molecule has 2 atom stereocenters. The average molecular weight is 365 g/mol. The van der Waals surface area contributed by atoms with Crippen molar-refractivity contribution in [1.82, 2.24) is 0 Å². The number of carbonyl (C=O) groups is 2. The number of ketones is 1. The van der Waals surface area contributed by atoms with Crippen LogP contribution in [0, 0.1) is 0 Å². The Balaban J connectivity index is 2.69. The molecule has 0 aliphatic heterocycles. The second-order valence-electron chi connectivity index (χ2n) is 6.26. The number of Topliss-reactive ketones (excluding diaryl/α,β-unsaturated/α-hetero) is 1. The van der Waals surface area contributed by atoms with E-state index >= 15 is 0 Å². The molecular weight excluding hydrogens is 334 g/mol. The van der Waals surface area contributed by atoms with Crippen LogP contribution in [-0.4, -0.2) is 36.3 Å². The zero-order valence-electron chi connectivity index (χ0n) is 15.8. The highest BCUT2D eigenvalue weighted by Gasteiger charge is 2.26. The van der Waals surface area contributed by atoms with Crippen molar-refractivity contribution in [3.05, 3.63) is 29.8 Å². The molecule has 6 heteroatoms. The molecule has 26 heavy (non-hydrogen) atoms. The van der Waals surface area contributed by atoms with Gasteiger partial charge in [0, 0.05) is 6.42 Å². The minimum absolute atomic E-state index is 0.0842. The number of hydrogen-bond donors (Lipinski definition) is 2. The number of benzene rings is 1. The van der Waals surface area contributed by atoms with Gasteiger partial charge >= 0.3 is 5.97 Å². The zero-order valence-corrected chi connectivity index (χ0v) is 15.8. The van der Waals surface area contributed by atoms with Crippen LogP contribution in [0.1, 0.15) is 63.9 Å². The van der Waals surface area contributed by atoms with Crippen molar-refractivity contribution in [2.75, 3.05) is 13.2 Å². The fourth-order valence-electron chi connectivity index (χ4n) is 2.77. The van der Waals surface area contributed by atoms with Crippen molar-refractivity contribution in [2.24, 2.45) is 5.73 Å². The van der Waals surface area contributed by atoms with E-state index in [1.165, 1.54) is 0 Å². The lowest BCUT2D eigenvalue weighted by Gasteiger charge is -2.20. The highest BCUT2D eigenvalue weighted by atomic mass is 16.6. The third-order valence-corrected chi connectivity index (χ3v) is 4.09. The molecule has 0 radical (unpaired) electrons. The van der Waals surface area contributed by atoms with Gasteiger partial charge in [0.25, 0.3) is 0 Å². The molecule has 0 fully saturated rings. The highest BCUT2D eigenvalue weighted by molar-refractivity contribution is 5.86. The van der Waals surface area contributed by atoms with Crippen LogP contribution < -0.4 is 10.5 Å². The molecule has 0 bridgehead atoms. The van der Waals surface area contributed by atoms with Gasteiger partial charge < -0.3 is 20.3 Å². The smallest absolute Gasteiger partial charge is 0.344 e. The second kappa shape index (κ2) is 12.4. The number of aliphatic hydroxyl groups excluding tert-OH is 1. The first kappa shape index (κ1) is 22.1. The Kier molecular flexibility index (Phi) is 10.6. The fraction of sp³-hybridized carbons (Fsp3) is 0.600. The Morgan fingerprint density at radius 2 is 1.88 bits per heavy atom. The highest BCUT2D eigenvalue weighted by Crippen LogP contribution is 2.25. The molecule has 0 aliphatic carbocycles. The van der Waals surface area contributed by atoms with Crippen LogP contribution in [0.2, 0.25) is 0 Å². The van der Waals surface area contributed by atoms with E-state index < -0.39 is 18.1 Å². The van der Waals surface area contributed by atoms with Gasteiger partial charge in [0.2, 0.25) is 0 Å². The quantitative estimate of drug-likeness (QED) is 0.317. The van der Waals surface area contributed by atoms with Gasteiger partial charge in [-0.1, -0.05) is 44.7 Å². The van der Waals surface area contributed by atoms with Crippen molar-refractivity contribution >= 4 is 11.8 Å². The van der Waals surface area contributed by atoms with E-state index in [0.29, 0.717) is 17.7 Å². The summed E-state index contributed by atoms with van der Waals surface area (Å²) >= 11 is 0. The summed E-state index contributed by atoms with van der Waals surface area (Å²) in [6.45, 7) is 3.94. The van der Waals surface area contributed by atoms with Gasteiger partial charge in [0.05, 0.1) is 12.5 Å². The van der Waals surface area contributed by atoms with Crippen LogP contribution in [0.15, 0.2) is 24.3 Å². The van der Waals surface area contributed by atoms with Crippen molar-refractivity contribution < 1.29 is 24.2 Å². The van der Waals surface area contributed by atoms with Gasteiger partial charge in [-0.25, -0.2) is 4.79 Å². The molecule has 0 aliphatic rings. The summed E-state index contributed by atoms with van der Waals surface area (Å²) in [6, 6.07) is 6.75. The van der Waals surface area contributed by atoms with Crippen molar-refractivity contribution in [3.8, 4) is 5.75 Å². The van der Waals surface area contributed by atoms with Crippen molar-refractivity contribution in [2.45, 2.75) is 64.5 Å². The first-order chi connectivity index (χ1) is 12.5. The standard InChI is InChI=1S/C20H31NO5/c1-3-5-6-7-8-12-17(22)19(20(21)24)15-10-9-11-16(13-15)26-14-18(23)25-4-2/h9-11,13,19-20,24H,3-8,12,14,21H2,1-2H3. The number of esters is 1. The summed E-state index contributed by atoms with van der Waals surface area (Å²) in [4.78, 5) is 23.9. The Labute approximate surface area is 155 Å². The lowest BCUT2D eigenvalue weighted by Crippen LogP contribution is -2.33. The average Bonchev–Trinajstić information content (AvgIpc) is 2.60. The molecule has 0 saturated heterocycles. The van der Waals surface area contributed by atoms with Crippen molar-refractivity contribution in [3.63, 3.8) is 0 Å². The van der Waals surface area contributed by atoms with Gasteiger partial charge in [0.15, 0.2) is 6.61 Å². The second-order valence-corrected chi connectivity index (χ2v) is 6.26. The number of rotatable bonds is 13. The Hall–Kier alpha value is -1.92. The van der Waals surface area contributed by atoms with E-state index in [0.717, 1.165) is 32.1 Å². The van der Waals surface area contributed by atoms with Gasteiger partial charge in [0.1, 0.15) is 17.8 Å². The third kappa shape index (κ3) is 7.97. The molecule has 1 aromatic carbocycles. The minimum Gasteiger partial charge on any atom is -0.482 e. The van der Waals surface area contributed by atoms with Gasteiger partial charge in [-0.15, -0.1) is 0 Å². The summed E-state index contributed by atoms with van der Waals surface area (Å²) in [5.74, 6) is -0.917. The number of aliphatic hydroxyl groups is 1. The molecule has 0 aromatic heterocycles. The maximum Gasteiger partial charge on any atom is 0.344 e. The first-order valence-electron chi connectivity index (χ1n) is 9.34. The third-order valence-electron chi connectivity index (χ3n) is 4.09. The fourth-order valence-corrected chi connectivity index (χ4v) is 2.77. The number of carbonyl (C=O) groups excluding carboxylic acids is 2. The number of unbranched alkanes of at least 4 members (excludes halogenated alkanes) is 4. The molecule has 3 N–H and O–H groups in total. The monoisotopic (exact) mass is 365 g/mol. The van der Waals surface area contributed by atoms with Crippen LogP contribution in [0.3, 0.4) is 0 Å². The summed E-state index contributed by atoms with van der Waals surface area (Å²) in [6.07, 6.45) is 4.32. The molecule has 0 spiro atoms. The summed E-state index contributed by atoms with van der Waals surface area (Å²) < 4.78 is 10.2. The molecule has 1 rings (SSSR count). The van der Waals surface area contributed by atoms with Crippen LogP contribution in [0.4, 0.5) is 0 Å². The maximum absolute atomic E-state index is 12.5. The first-order valence-corrected chi connectivity index (χ1v) is 9.34. The van der Waals surface area contributed by atoms with Gasteiger partial charge in [-0.05, 0) is 31.0 Å². The largest absolute Gasteiger partial charge is 0.482 e. The summed E-state index contributed by atoms with van der Waals surface area (Å²) in [7, 11) is 0. The maximum atomic E-state index is 12.5. The molecule has 2 unspecified atom stereocenters. The summed E-state index contributed by atoms with van der Waals surface area (Å²) in [5.41, 5.74) is 6.24. The van der Waals surface area contributed by atoms with E-state index in [4.69, 9.17) is 15.2 Å². The molecule has 0 amide bonds. The van der Waals surface area contributed by atoms with E-state index in [9.17, 15) is 14.7 Å². The minimum atomic E-state index is -1.28. The Morgan fingerprint density at radius 3 is 2.54 bits per heavy atom. The molecule has 0 saturated carbocycles. The molecule has 146 valence electrons. The Bertz CT molecular complexity index is 559.